The number of fused-ring (bicyclic) bond motifs is 1. The molecule has 0 radical (unpaired) electrons. The minimum atomic E-state index is -0.352. The number of para-hydroxylation sites is 1. The van der Waals surface area contributed by atoms with E-state index in [9.17, 15) is 9.18 Å². The Labute approximate surface area is 155 Å². The molecule has 0 aliphatic carbocycles. The van der Waals surface area contributed by atoms with Gasteiger partial charge in [-0.15, -0.1) is 0 Å². The summed E-state index contributed by atoms with van der Waals surface area (Å²) in [6, 6.07) is 18.4. The van der Waals surface area contributed by atoms with Crippen LogP contribution in [0.4, 0.5) is 10.1 Å². The summed E-state index contributed by atoms with van der Waals surface area (Å²) >= 11 is 0. The average molecular weight is 365 g/mol. The van der Waals surface area contributed by atoms with E-state index in [0.717, 1.165) is 5.56 Å². The Balaban J connectivity index is 1.45. The van der Waals surface area contributed by atoms with Gasteiger partial charge in [-0.2, -0.15) is 0 Å². The van der Waals surface area contributed by atoms with Crippen LogP contribution >= 0.6 is 0 Å². The number of nitrogens with one attached hydrogen (secondary N) is 1. The fourth-order valence-electron chi connectivity index (χ4n) is 2.77. The van der Waals surface area contributed by atoms with E-state index in [-0.39, 0.29) is 25.1 Å². The number of carbonyl (C=O) groups excluding carboxylic acids is 1. The third-order valence-corrected chi connectivity index (χ3v) is 4.03. The SMILES string of the molecule is O=C(Nc1cccc(COc2cccc(F)c2)c1)c1cccc2c1OCO2. The molecule has 1 amide bonds. The molecule has 5 nitrogen and oxygen atoms in total. The number of hydrogen-bond donors (Lipinski definition) is 1. The zero-order valence-electron chi connectivity index (χ0n) is 14.3. The summed E-state index contributed by atoms with van der Waals surface area (Å²) in [5, 5.41) is 2.85. The maximum Gasteiger partial charge on any atom is 0.259 e. The van der Waals surface area contributed by atoms with Gasteiger partial charge in [0.1, 0.15) is 18.2 Å². The third kappa shape index (κ3) is 3.84. The Morgan fingerprint density at radius 2 is 1.89 bits per heavy atom. The molecule has 0 bridgehead atoms. The molecule has 4 rings (SSSR count). The van der Waals surface area contributed by atoms with E-state index in [1.165, 1.54) is 12.1 Å². The lowest BCUT2D eigenvalue weighted by Crippen LogP contribution is -2.13. The number of ether oxygens (including phenoxy) is 3. The number of rotatable bonds is 5. The van der Waals surface area contributed by atoms with Gasteiger partial charge in [0.2, 0.25) is 6.79 Å². The molecule has 0 aromatic heterocycles. The van der Waals surface area contributed by atoms with Crippen LogP contribution in [0.2, 0.25) is 0 Å². The lowest BCUT2D eigenvalue weighted by molar-refractivity contribution is 0.102. The van der Waals surface area contributed by atoms with Gasteiger partial charge in [-0.05, 0) is 42.0 Å². The Kier molecular flexibility index (Phi) is 4.61. The van der Waals surface area contributed by atoms with E-state index < -0.39 is 0 Å². The molecule has 0 spiro atoms. The van der Waals surface area contributed by atoms with Crippen molar-refractivity contribution in [1.82, 2.24) is 0 Å². The summed E-state index contributed by atoms with van der Waals surface area (Å²) in [6.07, 6.45) is 0. The molecule has 0 atom stereocenters. The lowest BCUT2D eigenvalue weighted by atomic mass is 10.1. The van der Waals surface area contributed by atoms with Crippen molar-refractivity contribution in [2.24, 2.45) is 0 Å². The topological polar surface area (TPSA) is 56.8 Å². The highest BCUT2D eigenvalue weighted by Gasteiger charge is 2.21. The molecule has 1 N–H and O–H groups in total. The highest BCUT2D eigenvalue weighted by Crippen LogP contribution is 2.35. The fraction of sp³-hybridized carbons (Fsp3) is 0.0952. The van der Waals surface area contributed by atoms with Crippen LogP contribution in [-0.4, -0.2) is 12.7 Å². The van der Waals surface area contributed by atoms with Crippen LogP contribution in [-0.2, 0) is 6.61 Å². The van der Waals surface area contributed by atoms with Crippen LogP contribution in [0.3, 0.4) is 0 Å². The standard InChI is InChI=1S/C21H16FNO4/c22-15-5-2-7-17(11-15)25-12-14-4-1-6-16(10-14)23-21(24)18-8-3-9-19-20(18)27-13-26-19/h1-11H,12-13H2,(H,23,24). The van der Waals surface area contributed by atoms with Crippen LogP contribution in [0, 0.1) is 5.82 Å². The fourth-order valence-corrected chi connectivity index (χ4v) is 2.77. The molecule has 0 saturated carbocycles. The Bertz CT molecular complexity index is 989. The molecule has 6 heteroatoms. The number of carbonyl (C=O) groups is 1. The molecule has 1 aliphatic rings. The van der Waals surface area contributed by atoms with Crippen molar-refractivity contribution in [1.29, 1.82) is 0 Å². The van der Waals surface area contributed by atoms with Gasteiger partial charge in [0.15, 0.2) is 11.5 Å². The van der Waals surface area contributed by atoms with Crippen molar-refractivity contribution in [3.05, 3.63) is 83.7 Å². The first-order valence-corrected chi connectivity index (χ1v) is 8.36. The van der Waals surface area contributed by atoms with Crippen LogP contribution in [0.5, 0.6) is 17.2 Å². The molecule has 27 heavy (non-hydrogen) atoms. The lowest BCUT2D eigenvalue weighted by Gasteiger charge is -2.10. The third-order valence-electron chi connectivity index (χ3n) is 4.03. The minimum absolute atomic E-state index is 0.104. The Morgan fingerprint density at radius 3 is 2.78 bits per heavy atom. The van der Waals surface area contributed by atoms with Crippen molar-refractivity contribution >= 4 is 11.6 Å². The first-order valence-electron chi connectivity index (χ1n) is 8.36. The summed E-state index contributed by atoms with van der Waals surface area (Å²) in [4.78, 5) is 12.6. The summed E-state index contributed by atoms with van der Waals surface area (Å²) in [5.74, 6) is 0.803. The van der Waals surface area contributed by atoms with Crippen molar-refractivity contribution < 1.29 is 23.4 Å². The predicted molar refractivity (Wildman–Crippen MR) is 97.7 cm³/mol. The van der Waals surface area contributed by atoms with Crippen LogP contribution < -0.4 is 19.5 Å². The van der Waals surface area contributed by atoms with Gasteiger partial charge in [-0.25, -0.2) is 4.39 Å². The molecular weight excluding hydrogens is 349 g/mol. The first-order chi connectivity index (χ1) is 13.2. The van der Waals surface area contributed by atoms with Gasteiger partial charge in [0.05, 0.1) is 5.56 Å². The summed E-state index contributed by atoms with van der Waals surface area (Å²) in [6.45, 7) is 0.359. The largest absolute Gasteiger partial charge is 0.489 e. The van der Waals surface area contributed by atoms with E-state index >= 15 is 0 Å². The molecular formula is C21H16FNO4. The molecule has 3 aromatic carbocycles. The van der Waals surface area contributed by atoms with Crippen molar-refractivity contribution in [3.63, 3.8) is 0 Å². The van der Waals surface area contributed by atoms with Gasteiger partial charge in [-0.3, -0.25) is 4.79 Å². The van der Waals surface area contributed by atoms with E-state index in [1.54, 1.807) is 42.5 Å². The molecule has 136 valence electrons. The predicted octanol–water partition coefficient (Wildman–Crippen LogP) is 4.39. The van der Waals surface area contributed by atoms with E-state index in [2.05, 4.69) is 5.32 Å². The number of benzene rings is 3. The number of hydrogen-bond acceptors (Lipinski definition) is 4. The molecule has 1 heterocycles. The second kappa shape index (κ2) is 7.37. The van der Waals surface area contributed by atoms with Gasteiger partial charge >= 0.3 is 0 Å². The first kappa shape index (κ1) is 16.9. The van der Waals surface area contributed by atoms with Crippen LogP contribution in [0.25, 0.3) is 0 Å². The molecule has 3 aromatic rings. The number of amides is 1. The van der Waals surface area contributed by atoms with Crippen LogP contribution in [0.15, 0.2) is 66.7 Å². The number of halogens is 1. The van der Waals surface area contributed by atoms with Crippen molar-refractivity contribution in [2.45, 2.75) is 6.61 Å². The highest BCUT2D eigenvalue weighted by atomic mass is 19.1. The monoisotopic (exact) mass is 365 g/mol. The molecule has 0 fully saturated rings. The molecule has 1 aliphatic heterocycles. The Hall–Kier alpha value is -3.54. The van der Waals surface area contributed by atoms with Crippen molar-refractivity contribution in [3.8, 4) is 17.2 Å². The number of anilines is 1. The maximum atomic E-state index is 13.2. The average Bonchev–Trinajstić information content (AvgIpc) is 3.15. The van der Waals surface area contributed by atoms with Gasteiger partial charge in [0.25, 0.3) is 5.91 Å². The smallest absolute Gasteiger partial charge is 0.259 e. The summed E-state index contributed by atoms with van der Waals surface area (Å²) in [5.41, 5.74) is 1.87. The molecule has 0 unspecified atom stereocenters. The highest BCUT2D eigenvalue weighted by molar-refractivity contribution is 6.06. The van der Waals surface area contributed by atoms with Gasteiger partial charge in [0, 0.05) is 11.8 Å². The van der Waals surface area contributed by atoms with Gasteiger partial charge in [-0.1, -0.05) is 24.3 Å². The van der Waals surface area contributed by atoms with E-state index in [0.29, 0.717) is 28.5 Å². The van der Waals surface area contributed by atoms with Gasteiger partial charge < -0.3 is 19.5 Å². The van der Waals surface area contributed by atoms with Crippen molar-refractivity contribution in [2.75, 3.05) is 12.1 Å². The zero-order chi connectivity index (χ0) is 18.6. The van der Waals surface area contributed by atoms with Crippen LogP contribution in [0.1, 0.15) is 15.9 Å². The normalized spacial score (nSPS) is 11.9. The van der Waals surface area contributed by atoms with E-state index in [4.69, 9.17) is 14.2 Å². The second-order valence-corrected chi connectivity index (χ2v) is 5.94. The second-order valence-electron chi connectivity index (χ2n) is 5.94. The van der Waals surface area contributed by atoms with E-state index in [1.807, 2.05) is 12.1 Å². The Morgan fingerprint density at radius 1 is 1.04 bits per heavy atom. The summed E-state index contributed by atoms with van der Waals surface area (Å²) in [7, 11) is 0. The quantitative estimate of drug-likeness (QED) is 0.729. The summed E-state index contributed by atoms with van der Waals surface area (Å²) < 4.78 is 29.5. The zero-order valence-corrected chi connectivity index (χ0v) is 14.3. The molecule has 0 saturated heterocycles. The maximum absolute atomic E-state index is 13.2. The minimum Gasteiger partial charge on any atom is -0.489 e.